The van der Waals surface area contributed by atoms with Gasteiger partial charge in [0.1, 0.15) is 0 Å². The zero-order valence-electron chi connectivity index (χ0n) is 7.71. The number of rotatable bonds is 2. The molecule has 0 aromatic rings. The molecule has 1 aliphatic rings. The first kappa shape index (κ1) is 9.44. The van der Waals surface area contributed by atoms with E-state index in [0.29, 0.717) is 5.25 Å². The SMILES string of the molecule is CCC(C)C1CCC(S)CC1. The average Bonchev–Trinajstić information content (AvgIpc) is 2.05. The zero-order valence-corrected chi connectivity index (χ0v) is 8.61. The molecule has 0 spiro atoms. The van der Waals surface area contributed by atoms with Crippen molar-refractivity contribution in [2.45, 2.75) is 51.2 Å². The van der Waals surface area contributed by atoms with E-state index in [2.05, 4.69) is 26.5 Å². The fourth-order valence-corrected chi connectivity index (χ4v) is 2.30. The normalized spacial score (nSPS) is 35.2. The summed E-state index contributed by atoms with van der Waals surface area (Å²) in [6.45, 7) is 4.70. The Kier molecular flexibility index (Phi) is 3.77. The van der Waals surface area contributed by atoms with E-state index in [1.807, 2.05) is 0 Å². The van der Waals surface area contributed by atoms with Crippen LogP contribution in [-0.2, 0) is 0 Å². The summed E-state index contributed by atoms with van der Waals surface area (Å²) in [5, 5.41) is 0.704. The predicted octanol–water partition coefficient (Wildman–Crippen LogP) is 3.52. The van der Waals surface area contributed by atoms with E-state index in [9.17, 15) is 0 Å². The summed E-state index contributed by atoms with van der Waals surface area (Å²) in [5.74, 6) is 1.94. The Balaban J connectivity index is 2.27. The largest absolute Gasteiger partial charge is 0.176 e. The molecule has 0 N–H and O–H groups in total. The molecule has 0 amide bonds. The van der Waals surface area contributed by atoms with E-state index in [0.717, 1.165) is 11.8 Å². The topological polar surface area (TPSA) is 0 Å². The van der Waals surface area contributed by atoms with E-state index in [4.69, 9.17) is 0 Å². The minimum absolute atomic E-state index is 0.704. The van der Waals surface area contributed by atoms with Crippen LogP contribution in [0.15, 0.2) is 0 Å². The molecule has 1 rings (SSSR count). The first-order chi connectivity index (χ1) is 5.24. The van der Waals surface area contributed by atoms with Crippen LogP contribution in [0.3, 0.4) is 0 Å². The van der Waals surface area contributed by atoms with Gasteiger partial charge in [-0.05, 0) is 37.5 Å². The van der Waals surface area contributed by atoms with Crippen molar-refractivity contribution >= 4 is 12.6 Å². The van der Waals surface area contributed by atoms with Gasteiger partial charge < -0.3 is 0 Å². The lowest BCUT2D eigenvalue weighted by atomic mass is 9.80. The summed E-state index contributed by atoms with van der Waals surface area (Å²) >= 11 is 4.50. The van der Waals surface area contributed by atoms with Gasteiger partial charge in [-0.2, -0.15) is 12.6 Å². The van der Waals surface area contributed by atoms with Crippen LogP contribution in [0.1, 0.15) is 46.0 Å². The van der Waals surface area contributed by atoms with Crippen molar-refractivity contribution in [1.82, 2.24) is 0 Å². The fourth-order valence-electron chi connectivity index (χ4n) is 2.00. The molecule has 0 bridgehead atoms. The highest BCUT2D eigenvalue weighted by atomic mass is 32.1. The molecule has 1 atom stereocenters. The Labute approximate surface area is 76.2 Å². The number of hydrogen-bond acceptors (Lipinski definition) is 1. The van der Waals surface area contributed by atoms with Crippen molar-refractivity contribution in [3.8, 4) is 0 Å². The minimum atomic E-state index is 0.704. The zero-order chi connectivity index (χ0) is 8.27. The lowest BCUT2D eigenvalue weighted by molar-refractivity contribution is 0.262. The van der Waals surface area contributed by atoms with Gasteiger partial charge in [-0.3, -0.25) is 0 Å². The van der Waals surface area contributed by atoms with Gasteiger partial charge in [-0.1, -0.05) is 20.3 Å². The van der Waals surface area contributed by atoms with Gasteiger partial charge in [0.15, 0.2) is 0 Å². The van der Waals surface area contributed by atoms with E-state index in [-0.39, 0.29) is 0 Å². The lowest BCUT2D eigenvalue weighted by Crippen LogP contribution is -2.19. The highest BCUT2D eigenvalue weighted by Gasteiger charge is 2.22. The lowest BCUT2D eigenvalue weighted by Gasteiger charge is -2.29. The molecule has 0 aromatic heterocycles. The Bertz CT molecular complexity index is 103. The van der Waals surface area contributed by atoms with E-state index in [1.165, 1.54) is 32.1 Å². The average molecular weight is 172 g/mol. The molecule has 0 saturated heterocycles. The summed E-state index contributed by atoms with van der Waals surface area (Å²) in [4.78, 5) is 0. The molecule has 0 radical (unpaired) electrons. The monoisotopic (exact) mass is 172 g/mol. The maximum atomic E-state index is 4.50. The second kappa shape index (κ2) is 4.39. The molecule has 1 fully saturated rings. The molecular formula is C10H20S. The van der Waals surface area contributed by atoms with Crippen LogP contribution in [0, 0.1) is 11.8 Å². The van der Waals surface area contributed by atoms with Crippen molar-refractivity contribution in [3.05, 3.63) is 0 Å². The Morgan fingerprint density at radius 1 is 1.27 bits per heavy atom. The fraction of sp³-hybridized carbons (Fsp3) is 1.00. The Morgan fingerprint density at radius 2 is 1.82 bits per heavy atom. The first-order valence-corrected chi connectivity index (χ1v) is 5.43. The summed E-state index contributed by atoms with van der Waals surface area (Å²) in [7, 11) is 0. The van der Waals surface area contributed by atoms with Crippen LogP contribution in [0.25, 0.3) is 0 Å². The summed E-state index contributed by atoms with van der Waals surface area (Å²) < 4.78 is 0. The third kappa shape index (κ3) is 2.70. The van der Waals surface area contributed by atoms with E-state index >= 15 is 0 Å². The van der Waals surface area contributed by atoms with E-state index in [1.54, 1.807) is 0 Å². The van der Waals surface area contributed by atoms with Gasteiger partial charge in [0.2, 0.25) is 0 Å². The highest BCUT2D eigenvalue weighted by molar-refractivity contribution is 7.80. The second-order valence-corrected chi connectivity index (χ2v) is 4.68. The maximum Gasteiger partial charge on any atom is 0.00170 e. The number of thiol groups is 1. The third-order valence-electron chi connectivity index (χ3n) is 3.19. The molecule has 0 aliphatic heterocycles. The Hall–Kier alpha value is 0.350. The quantitative estimate of drug-likeness (QED) is 0.605. The molecule has 11 heavy (non-hydrogen) atoms. The van der Waals surface area contributed by atoms with Gasteiger partial charge >= 0.3 is 0 Å². The highest BCUT2D eigenvalue weighted by Crippen LogP contribution is 2.33. The van der Waals surface area contributed by atoms with Crippen molar-refractivity contribution in [3.63, 3.8) is 0 Å². The Morgan fingerprint density at radius 3 is 2.27 bits per heavy atom. The molecule has 0 aromatic carbocycles. The summed E-state index contributed by atoms with van der Waals surface area (Å²) in [6, 6.07) is 0. The predicted molar refractivity (Wildman–Crippen MR) is 54.2 cm³/mol. The molecule has 66 valence electrons. The number of hydrogen-bond donors (Lipinski definition) is 1. The van der Waals surface area contributed by atoms with Gasteiger partial charge in [0, 0.05) is 5.25 Å². The van der Waals surface area contributed by atoms with Crippen molar-refractivity contribution < 1.29 is 0 Å². The smallest absolute Gasteiger partial charge is 0.00170 e. The van der Waals surface area contributed by atoms with Crippen LogP contribution < -0.4 is 0 Å². The van der Waals surface area contributed by atoms with Crippen LogP contribution in [0.2, 0.25) is 0 Å². The molecule has 1 saturated carbocycles. The van der Waals surface area contributed by atoms with Gasteiger partial charge in [0.05, 0.1) is 0 Å². The molecule has 1 aliphatic carbocycles. The molecule has 1 heteroatoms. The van der Waals surface area contributed by atoms with Crippen molar-refractivity contribution in [1.29, 1.82) is 0 Å². The van der Waals surface area contributed by atoms with Crippen molar-refractivity contribution in [2.24, 2.45) is 11.8 Å². The first-order valence-electron chi connectivity index (χ1n) is 4.92. The second-order valence-electron chi connectivity index (χ2n) is 3.95. The standard InChI is InChI=1S/C10H20S/c1-3-8(2)9-4-6-10(11)7-5-9/h8-11H,3-7H2,1-2H3. The minimum Gasteiger partial charge on any atom is -0.176 e. The van der Waals surface area contributed by atoms with Gasteiger partial charge in [-0.25, -0.2) is 0 Å². The third-order valence-corrected chi connectivity index (χ3v) is 3.71. The molecule has 0 nitrogen and oxygen atoms in total. The van der Waals surface area contributed by atoms with E-state index < -0.39 is 0 Å². The van der Waals surface area contributed by atoms with Crippen molar-refractivity contribution in [2.75, 3.05) is 0 Å². The maximum absolute atomic E-state index is 4.50. The van der Waals surface area contributed by atoms with Crippen LogP contribution in [0.5, 0.6) is 0 Å². The van der Waals surface area contributed by atoms with Crippen LogP contribution in [-0.4, -0.2) is 5.25 Å². The summed E-state index contributed by atoms with van der Waals surface area (Å²) in [6.07, 6.45) is 6.88. The van der Waals surface area contributed by atoms with Crippen LogP contribution >= 0.6 is 12.6 Å². The van der Waals surface area contributed by atoms with Gasteiger partial charge in [-0.15, -0.1) is 0 Å². The molecule has 0 heterocycles. The molecule has 1 unspecified atom stereocenters. The van der Waals surface area contributed by atoms with Gasteiger partial charge in [0.25, 0.3) is 0 Å². The molecular weight excluding hydrogens is 152 g/mol. The summed E-state index contributed by atoms with van der Waals surface area (Å²) in [5.41, 5.74) is 0. The van der Waals surface area contributed by atoms with Crippen LogP contribution in [0.4, 0.5) is 0 Å².